The van der Waals surface area contributed by atoms with Crippen LogP contribution in [0.5, 0.6) is 5.88 Å². The van der Waals surface area contributed by atoms with Crippen molar-refractivity contribution in [3.8, 4) is 5.88 Å². The average Bonchev–Trinajstić information content (AvgIpc) is 2.25. The lowest BCUT2D eigenvalue weighted by molar-refractivity contribution is 0.236. The third-order valence-electron chi connectivity index (χ3n) is 2.62. The van der Waals surface area contributed by atoms with Crippen LogP contribution in [0.4, 0.5) is 0 Å². The van der Waals surface area contributed by atoms with Gasteiger partial charge in [0.15, 0.2) is 0 Å². The minimum absolute atomic E-state index is 0.302. The third kappa shape index (κ3) is 6.60. The second kappa shape index (κ2) is 6.74. The van der Waals surface area contributed by atoms with Gasteiger partial charge in [-0.2, -0.15) is 0 Å². The monoisotopic (exact) mass is 250 g/mol. The maximum absolute atomic E-state index is 5.69. The first-order valence-electron chi connectivity index (χ1n) is 6.68. The zero-order chi connectivity index (χ0) is 13.6. The highest BCUT2D eigenvalue weighted by molar-refractivity contribution is 5.20. The van der Waals surface area contributed by atoms with E-state index in [1.165, 1.54) is 5.56 Å². The van der Waals surface area contributed by atoms with E-state index in [1.807, 2.05) is 18.3 Å². The van der Waals surface area contributed by atoms with Gasteiger partial charge < -0.3 is 10.1 Å². The highest BCUT2D eigenvalue weighted by Crippen LogP contribution is 2.19. The Morgan fingerprint density at radius 3 is 2.67 bits per heavy atom. The maximum atomic E-state index is 5.69. The zero-order valence-electron chi connectivity index (χ0n) is 12.3. The number of nitrogens with one attached hydrogen (secondary N) is 1. The lowest BCUT2D eigenvalue weighted by atomic mass is 9.93. The van der Waals surface area contributed by atoms with Crippen LogP contribution >= 0.6 is 0 Å². The number of rotatable bonds is 6. The predicted octanol–water partition coefficient (Wildman–Crippen LogP) is 3.39. The molecule has 0 saturated carbocycles. The Morgan fingerprint density at radius 1 is 1.33 bits per heavy atom. The molecule has 0 radical (unpaired) electrons. The fourth-order valence-electron chi connectivity index (χ4n) is 1.42. The summed E-state index contributed by atoms with van der Waals surface area (Å²) in [5, 5.41) is 3.39. The van der Waals surface area contributed by atoms with Gasteiger partial charge in [-0.15, -0.1) is 0 Å². The van der Waals surface area contributed by atoms with Crippen LogP contribution in [0.15, 0.2) is 18.3 Å². The molecule has 3 heteroatoms. The van der Waals surface area contributed by atoms with Crippen molar-refractivity contribution in [1.82, 2.24) is 10.3 Å². The summed E-state index contributed by atoms with van der Waals surface area (Å²) in [4.78, 5) is 4.24. The smallest absolute Gasteiger partial charge is 0.213 e. The first-order chi connectivity index (χ1) is 8.37. The topological polar surface area (TPSA) is 34.2 Å². The van der Waals surface area contributed by atoms with Crippen molar-refractivity contribution < 1.29 is 4.74 Å². The molecule has 1 aromatic heterocycles. The Morgan fingerprint density at radius 2 is 2.06 bits per heavy atom. The van der Waals surface area contributed by atoms with Gasteiger partial charge in [0.2, 0.25) is 5.88 Å². The van der Waals surface area contributed by atoms with Gasteiger partial charge in [-0.05, 0) is 23.5 Å². The Bertz CT molecular complexity index is 356. The molecule has 0 aliphatic rings. The molecule has 1 rings (SSSR count). The summed E-state index contributed by atoms with van der Waals surface area (Å²) in [6.45, 7) is 12.5. The minimum atomic E-state index is 0.302. The predicted molar refractivity (Wildman–Crippen MR) is 75.8 cm³/mol. The van der Waals surface area contributed by atoms with E-state index in [4.69, 9.17) is 4.74 Å². The molecule has 0 saturated heterocycles. The first kappa shape index (κ1) is 15.0. The second-order valence-electron chi connectivity index (χ2n) is 6.20. The van der Waals surface area contributed by atoms with E-state index in [0.29, 0.717) is 11.5 Å². The van der Waals surface area contributed by atoms with E-state index in [9.17, 15) is 0 Å². The van der Waals surface area contributed by atoms with E-state index in [-0.39, 0.29) is 0 Å². The molecule has 1 N–H and O–H groups in total. The van der Waals surface area contributed by atoms with Gasteiger partial charge in [-0.25, -0.2) is 4.98 Å². The van der Waals surface area contributed by atoms with Crippen LogP contribution in [0.1, 0.15) is 46.6 Å². The van der Waals surface area contributed by atoms with Gasteiger partial charge in [0.25, 0.3) is 0 Å². The van der Waals surface area contributed by atoms with Crippen molar-refractivity contribution in [1.29, 1.82) is 0 Å². The van der Waals surface area contributed by atoms with Crippen molar-refractivity contribution in [2.75, 3.05) is 6.61 Å². The fourth-order valence-corrected chi connectivity index (χ4v) is 1.42. The van der Waals surface area contributed by atoms with Crippen LogP contribution in [0.3, 0.4) is 0 Å². The number of hydrogen-bond donors (Lipinski definition) is 1. The number of ether oxygens (including phenoxy) is 1. The summed E-state index contributed by atoms with van der Waals surface area (Å²) in [7, 11) is 0. The highest BCUT2D eigenvalue weighted by atomic mass is 16.5. The summed E-state index contributed by atoms with van der Waals surface area (Å²) in [6, 6.07) is 4.52. The Kier molecular flexibility index (Phi) is 5.60. The second-order valence-corrected chi connectivity index (χ2v) is 6.20. The van der Waals surface area contributed by atoms with E-state index >= 15 is 0 Å². The molecular formula is C15H26N2O. The number of nitrogens with zero attached hydrogens (tertiary/aromatic N) is 1. The van der Waals surface area contributed by atoms with Gasteiger partial charge in [-0.3, -0.25) is 0 Å². The summed E-state index contributed by atoms with van der Waals surface area (Å²) in [5.74, 6) is 0.724. The molecule has 0 bridgehead atoms. The van der Waals surface area contributed by atoms with Crippen LogP contribution in [-0.2, 0) is 6.54 Å². The number of hydrogen-bond acceptors (Lipinski definition) is 3. The molecule has 0 unspecified atom stereocenters. The van der Waals surface area contributed by atoms with Crippen molar-refractivity contribution in [3.63, 3.8) is 0 Å². The molecule has 3 nitrogen and oxygen atoms in total. The number of aromatic nitrogens is 1. The van der Waals surface area contributed by atoms with Crippen LogP contribution in [0.2, 0.25) is 0 Å². The average molecular weight is 250 g/mol. The zero-order valence-corrected chi connectivity index (χ0v) is 12.3. The Labute approximate surface area is 111 Å². The molecule has 0 spiro atoms. The van der Waals surface area contributed by atoms with Crippen LogP contribution < -0.4 is 10.1 Å². The molecule has 0 aliphatic heterocycles. The fraction of sp³-hybridized carbons (Fsp3) is 0.667. The Balaban J connectivity index is 2.44. The summed E-state index contributed by atoms with van der Waals surface area (Å²) in [6.07, 6.45) is 2.84. The van der Waals surface area contributed by atoms with Crippen molar-refractivity contribution in [2.45, 2.75) is 53.6 Å². The Hall–Kier alpha value is -1.09. The normalized spacial score (nSPS) is 11.9. The van der Waals surface area contributed by atoms with Crippen molar-refractivity contribution >= 4 is 0 Å². The molecule has 18 heavy (non-hydrogen) atoms. The standard InChI is InChI=1S/C15H26N2O/c1-12(2)17-11-13-6-8-16-14(10-13)18-9-7-15(3,4)5/h6,8,10,12,17H,7,9,11H2,1-5H3. The molecule has 0 aliphatic carbocycles. The molecule has 0 amide bonds. The molecular weight excluding hydrogens is 224 g/mol. The van der Waals surface area contributed by atoms with Gasteiger partial charge in [0.05, 0.1) is 6.61 Å². The van der Waals surface area contributed by atoms with Crippen molar-refractivity contribution in [2.24, 2.45) is 5.41 Å². The van der Waals surface area contributed by atoms with Gasteiger partial charge in [0, 0.05) is 24.8 Å². The van der Waals surface area contributed by atoms with Crippen LogP contribution in [-0.4, -0.2) is 17.6 Å². The van der Waals surface area contributed by atoms with Crippen LogP contribution in [0, 0.1) is 5.41 Å². The summed E-state index contributed by atoms with van der Waals surface area (Å²) >= 11 is 0. The van der Waals surface area contributed by atoms with E-state index in [2.05, 4.69) is 44.9 Å². The molecule has 0 aromatic carbocycles. The van der Waals surface area contributed by atoms with E-state index in [1.54, 1.807) is 0 Å². The third-order valence-corrected chi connectivity index (χ3v) is 2.62. The quantitative estimate of drug-likeness (QED) is 0.840. The van der Waals surface area contributed by atoms with E-state index < -0.39 is 0 Å². The van der Waals surface area contributed by atoms with Crippen LogP contribution in [0.25, 0.3) is 0 Å². The van der Waals surface area contributed by atoms with Gasteiger partial charge in [-0.1, -0.05) is 34.6 Å². The number of pyridine rings is 1. The van der Waals surface area contributed by atoms with Gasteiger partial charge >= 0.3 is 0 Å². The largest absolute Gasteiger partial charge is 0.478 e. The SMILES string of the molecule is CC(C)NCc1ccnc(OCCC(C)(C)C)c1. The van der Waals surface area contributed by atoms with Gasteiger partial charge in [0.1, 0.15) is 0 Å². The van der Waals surface area contributed by atoms with E-state index in [0.717, 1.165) is 25.5 Å². The minimum Gasteiger partial charge on any atom is -0.478 e. The lowest BCUT2D eigenvalue weighted by Crippen LogP contribution is -2.21. The summed E-state index contributed by atoms with van der Waals surface area (Å²) < 4.78 is 5.69. The van der Waals surface area contributed by atoms with Crippen molar-refractivity contribution in [3.05, 3.63) is 23.9 Å². The lowest BCUT2D eigenvalue weighted by Gasteiger charge is -2.17. The molecule has 0 atom stereocenters. The maximum Gasteiger partial charge on any atom is 0.213 e. The molecule has 1 heterocycles. The summed E-state index contributed by atoms with van der Waals surface area (Å²) in [5.41, 5.74) is 1.51. The molecule has 0 fully saturated rings. The first-order valence-corrected chi connectivity index (χ1v) is 6.68. The molecule has 102 valence electrons. The molecule has 1 aromatic rings. The highest BCUT2D eigenvalue weighted by Gasteiger charge is 2.10.